The molecule has 0 aliphatic rings. The van der Waals surface area contributed by atoms with Crippen molar-refractivity contribution in [1.29, 1.82) is 0 Å². The molecule has 0 fully saturated rings. The summed E-state index contributed by atoms with van der Waals surface area (Å²) in [5.41, 5.74) is -2.83. The molecule has 14 heavy (non-hydrogen) atoms. The van der Waals surface area contributed by atoms with Crippen molar-refractivity contribution >= 4 is 42.1 Å². The van der Waals surface area contributed by atoms with E-state index in [9.17, 15) is 0 Å². The van der Waals surface area contributed by atoms with Crippen molar-refractivity contribution in [3.05, 3.63) is 0 Å². The van der Waals surface area contributed by atoms with Gasteiger partial charge >= 0.3 is 0 Å². The van der Waals surface area contributed by atoms with Gasteiger partial charge in [-0.05, 0) is 68.2 Å². The zero-order chi connectivity index (χ0) is 11.6. The summed E-state index contributed by atoms with van der Waals surface area (Å²) in [5.74, 6) is 0. The van der Waals surface area contributed by atoms with Crippen molar-refractivity contribution in [3.8, 4) is 0 Å². The summed E-state index contributed by atoms with van der Waals surface area (Å²) in [6, 6.07) is 0. The molecule has 0 aromatic heterocycles. The van der Waals surface area contributed by atoms with E-state index in [0.717, 1.165) is 0 Å². The van der Waals surface area contributed by atoms with Crippen LogP contribution in [0, 0.1) is 0 Å². The molecule has 0 aliphatic carbocycles. The van der Waals surface area contributed by atoms with Gasteiger partial charge in [-0.2, -0.15) is 0 Å². The molecule has 0 saturated carbocycles. The maximum atomic E-state index is 5.77. The smallest absolute Gasteiger partial charge is 0.259 e. The van der Waals surface area contributed by atoms with Gasteiger partial charge < -0.3 is 9.05 Å². The molecule has 0 aromatic rings. The Hall–Kier alpha value is 1.40. The molecule has 0 unspecified atom stereocenters. The van der Waals surface area contributed by atoms with Crippen molar-refractivity contribution in [1.82, 2.24) is 0 Å². The Kier molecular flexibility index (Phi) is 5.67. The molecule has 0 radical (unpaired) electrons. The van der Waals surface area contributed by atoms with Gasteiger partial charge in [0.2, 0.25) is 0 Å². The Morgan fingerprint density at radius 1 is 1.00 bits per heavy atom. The number of halogens is 1. The normalized spacial score (nSPS) is 14.5. The first-order valence-corrected chi connectivity index (χ1v) is 10.2. The van der Waals surface area contributed by atoms with Gasteiger partial charge in [0.1, 0.15) is 0 Å². The van der Waals surface area contributed by atoms with Crippen LogP contribution in [0.3, 0.4) is 0 Å². The van der Waals surface area contributed by atoms with E-state index in [1.165, 1.54) is 9.82 Å². The van der Waals surface area contributed by atoms with Crippen molar-refractivity contribution < 1.29 is 9.05 Å². The molecule has 6 heteroatoms. The first kappa shape index (κ1) is 15.4. The van der Waals surface area contributed by atoms with Crippen LogP contribution in [0.4, 0.5) is 0 Å². The lowest BCUT2D eigenvalue weighted by Gasteiger charge is -2.32. The van der Waals surface area contributed by atoms with E-state index >= 15 is 0 Å². The van der Waals surface area contributed by atoms with Crippen LogP contribution >= 0.6 is 30.3 Å². The molecule has 0 spiro atoms. The van der Waals surface area contributed by atoms with Crippen LogP contribution in [0.2, 0.25) is 0 Å². The predicted molar refractivity (Wildman–Crippen MR) is 72.5 cm³/mol. The lowest BCUT2D eigenvalue weighted by atomic mass is 10.2. The van der Waals surface area contributed by atoms with Gasteiger partial charge in [-0.15, -0.1) is 0 Å². The molecule has 0 heterocycles. The minimum absolute atomic E-state index is 0.276. The van der Waals surface area contributed by atoms with Gasteiger partial charge in [0, 0.05) is 9.82 Å². The van der Waals surface area contributed by atoms with Gasteiger partial charge in [-0.25, -0.2) is 0 Å². The van der Waals surface area contributed by atoms with E-state index in [1.54, 1.807) is 0 Å². The van der Waals surface area contributed by atoms with Crippen LogP contribution in [0.1, 0.15) is 41.5 Å². The molecular formula is C8H18BrO2PS2. The third-order valence-electron chi connectivity index (χ3n) is 0.856. The first-order chi connectivity index (χ1) is 5.97. The van der Waals surface area contributed by atoms with E-state index < -0.39 is 5.69 Å². The largest absolute Gasteiger partial charge is 0.315 e. The van der Waals surface area contributed by atoms with E-state index in [4.69, 9.17) is 20.9 Å². The fourth-order valence-corrected chi connectivity index (χ4v) is 6.07. The topological polar surface area (TPSA) is 18.5 Å². The monoisotopic (exact) mass is 320 g/mol. The van der Waals surface area contributed by atoms with E-state index in [1.807, 2.05) is 41.5 Å². The highest BCUT2D eigenvalue weighted by molar-refractivity contribution is 9.58. The SMILES string of the molecule is CC(C)(C)OP(=S)(OC(C)(C)C)SBr. The molecule has 0 saturated heterocycles. The lowest BCUT2D eigenvalue weighted by molar-refractivity contribution is 0.0797. The summed E-state index contributed by atoms with van der Waals surface area (Å²) in [6.45, 7) is 11.9. The number of hydrogen-bond acceptors (Lipinski definition) is 4. The average Bonchev–Trinajstić information content (AvgIpc) is 1.78. The van der Waals surface area contributed by atoms with Crippen LogP contribution in [0.15, 0.2) is 0 Å². The minimum atomic E-state index is -2.28. The van der Waals surface area contributed by atoms with Crippen LogP contribution in [-0.2, 0) is 20.9 Å². The van der Waals surface area contributed by atoms with E-state index in [0.29, 0.717) is 0 Å². The molecule has 0 rings (SSSR count). The molecule has 0 bridgehead atoms. The highest BCUT2D eigenvalue weighted by Gasteiger charge is 2.31. The van der Waals surface area contributed by atoms with Crippen LogP contribution < -0.4 is 0 Å². The van der Waals surface area contributed by atoms with Gasteiger partial charge in [0.15, 0.2) is 0 Å². The fourth-order valence-electron chi connectivity index (χ4n) is 0.718. The average molecular weight is 321 g/mol. The molecular weight excluding hydrogens is 303 g/mol. The number of rotatable bonds is 3. The quantitative estimate of drug-likeness (QED) is 0.689. The summed E-state index contributed by atoms with van der Waals surface area (Å²) in [5, 5.41) is 0. The number of hydrogen-bond donors (Lipinski definition) is 0. The summed E-state index contributed by atoms with van der Waals surface area (Å²) in [4.78, 5) is 0. The van der Waals surface area contributed by atoms with Crippen molar-refractivity contribution in [2.45, 2.75) is 52.7 Å². The Bertz CT molecular complexity index is 212. The Morgan fingerprint density at radius 2 is 1.29 bits per heavy atom. The molecule has 2 nitrogen and oxygen atoms in total. The van der Waals surface area contributed by atoms with Gasteiger partial charge in [0.25, 0.3) is 5.69 Å². The fraction of sp³-hybridized carbons (Fsp3) is 1.00. The zero-order valence-electron chi connectivity index (χ0n) is 9.46. The molecule has 0 N–H and O–H groups in total. The van der Waals surface area contributed by atoms with Crippen molar-refractivity contribution in [2.24, 2.45) is 0 Å². The van der Waals surface area contributed by atoms with Crippen LogP contribution in [-0.4, -0.2) is 11.2 Å². The van der Waals surface area contributed by atoms with E-state index in [2.05, 4.69) is 14.8 Å². The second-order valence-electron chi connectivity index (χ2n) is 4.92. The van der Waals surface area contributed by atoms with Crippen molar-refractivity contribution in [3.63, 3.8) is 0 Å². The second kappa shape index (κ2) is 5.15. The highest BCUT2D eigenvalue weighted by Crippen LogP contribution is 2.67. The van der Waals surface area contributed by atoms with Gasteiger partial charge in [-0.3, -0.25) is 0 Å². The summed E-state index contributed by atoms with van der Waals surface area (Å²) in [6.07, 6.45) is 0. The molecule has 0 aromatic carbocycles. The van der Waals surface area contributed by atoms with Crippen molar-refractivity contribution in [2.75, 3.05) is 0 Å². The minimum Gasteiger partial charge on any atom is -0.315 e. The van der Waals surface area contributed by atoms with Crippen LogP contribution in [0.25, 0.3) is 0 Å². The third kappa shape index (κ3) is 7.66. The predicted octanol–water partition coefficient (Wildman–Crippen LogP) is 4.88. The maximum Gasteiger partial charge on any atom is 0.259 e. The molecule has 0 amide bonds. The summed E-state index contributed by atoms with van der Waals surface area (Å²) < 4.78 is 11.5. The zero-order valence-corrected chi connectivity index (χ0v) is 13.6. The maximum absolute atomic E-state index is 5.77. The molecule has 0 aliphatic heterocycles. The summed E-state index contributed by atoms with van der Waals surface area (Å²) in [7, 11) is 1.32. The lowest BCUT2D eigenvalue weighted by Crippen LogP contribution is -2.22. The first-order valence-electron chi connectivity index (χ1n) is 4.29. The summed E-state index contributed by atoms with van der Waals surface area (Å²) >= 11 is 8.67. The molecule has 86 valence electrons. The van der Waals surface area contributed by atoms with E-state index in [-0.39, 0.29) is 11.2 Å². The Balaban J connectivity index is 4.59. The van der Waals surface area contributed by atoms with Gasteiger partial charge in [0.05, 0.1) is 11.2 Å². The standard InChI is InChI=1S/C8H18BrO2PS2/c1-7(2,3)10-12(13,14-9)11-8(4,5)6/h1-6H3. The third-order valence-corrected chi connectivity index (χ3v) is 9.80. The van der Waals surface area contributed by atoms with Crippen LogP contribution in [0.5, 0.6) is 0 Å². The molecule has 0 atom stereocenters. The Morgan fingerprint density at radius 3 is 1.43 bits per heavy atom. The Labute approximate surface area is 104 Å². The second-order valence-corrected chi connectivity index (χ2v) is 12.9. The highest BCUT2D eigenvalue weighted by atomic mass is 79.9. The van der Waals surface area contributed by atoms with Gasteiger partial charge in [-0.1, -0.05) is 0 Å².